The number of carbonyl (C=O) groups is 1. The number of rotatable bonds is 4. The summed E-state index contributed by atoms with van der Waals surface area (Å²) >= 11 is 5.80. The molecule has 1 aromatic carbocycles. The minimum Gasteiger partial charge on any atom is -0.481 e. The molecule has 2 rings (SSSR count). The first-order chi connectivity index (χ1) is 8.56. The molecular weight excluding hydrogens is 254 g/mol. The van der Waals surface area contributed by atoms with Crippen molar-refractivity contribution < 1.29 is 9.90 Å². The van der Waals surface area contributed by atoms with Crippen molar-refractivity contribution in [3.8, 4) is 5.69 Å². The zero-order chi connectivity index (χ0) is 13.1. The summed E-state index contributed by atoms with van der Waals surface area (Å²) in [6, 6.07) is 7.17. The van der Waals surface area contributed by atoms with E-state index in [1.807, 2.05) is 12.1 Å². The van der Waals surface area contributed by atoms with Crippen molar-refractivity contribution in [1.82, 2.24) is 15.0 Å². The second-order valence-electron chi connectivity index (χ2n) is 4.07. The van der Waals surface area contributed by atoms with Crippen molar-refractivity contribution in [2.45, 2.75) is 13.3 Å². The fourth-order valence-electron chi connectivity index (χ4n) is 1.51. The van der Waals surface area contributed by atoms with Crippen molar-refractivity contribution in [2.24, 2.45) is 5.92 Å². The summed E-state index contributed by atoms with van der Waals surface area (Å²) in [6.45, 7) is 1.64. The van der Waals surface area contributed by atoms with E-state index in [9.17, 15) is 4.79 Å². The van der Waals surface area contributed by atoms with E-state index < -0.39 is 11.9 Å². The molecule has 0 radical (unpaired) electrons. The Morgan fingerprint density at radius 1 is 1.44 bits per heavy atom. The number of nitrogens with zero attached hydrogens (tertiary/aromatic N) is 3. The van der Waals surface area contributed by atoms with E-state index in [4.69, 9.17) is 16.7 Å². The number of aromatic nitrogens is 3. The van der Waals surface area contributed by atoms with Crippen LogP contribution in [0, 0.1) is 5.92 Å². The maximum Gasteiger partial charge on any atom is 0.306 e. The maximum atomic E-state index is 10.7. The molecule has 1 unspecified atom stereocenters. The smallest absolute Gasteiger partial charge is 0.306 e. The second-order valence-corrected chi connectivity index (χ2v) is 4.51. The number of aliphatic carboxylic acids is 1. The lowest BCUT2D eigenvalue weighted by Crippen LogP contribution is -2.12. The fraction of sp³-hybridized carbons (Fsp3) is 0.250. The first-order valence-corrected chi connectivity index (χ1v) is 5.84. The van der Waals surface area contributed by atoms with Crippen LogP contribution in [0.5, 0.6) is 0 Å². The average Bonchev–Trinajstić information content (AvgIpc) is 2.78. The Hall–Kier alpha value is -1.88. The van der Waals surface area contributed by atoms with Crippen LogP contribution < -0.4 is 0 Å². The van der Waals surface area contributed by atoms with Gasteiger partial charge in [-0.15, -0.1) is 5.10 Å². The van der Waals surface area contributed by atoms with Gasteiger partial charge in [-0.25, -0.2) is 4.68 Å². The molecule has 18 heavy (non-hydrogen) atoms. The Morgan fingerprint density at radius 2 is 2.11 bits per heavy atom. The zero-order valence-electron chi connectivity index (χ0n) is 9.75. The van der Waals surface area contributed by atoms with Gasteiger partial charge in [0.25, 0.3) is 0 Å². The molecule has 0 saturated carbocycles. The molecule has 0 bridgehead atoms. The van der Waals surface area contributed by atoms with E-state index in [0.717, 1.165) is 5.69 Å². The van der Waals surface area contributed by atoms with Crippen molar-refractivity contribution in [3.05, 3.63) is 41.2 Å². The summed E-state index contributed by atoms with van der Waals surface area (Å²) in [5, 5.41) is 17.4. The van der Waals surface area contributed by atoms with Crippen LogP contribution in [0.1, 0.15) is 12.6 Å². The lowest BCUT2D eigenvalue weighted by molar-refractivity contribution is -0.141. The van der Waals surface area contributed by atoms with E-state index in [1.54, 1.807) is 29.9 Å². The molecule has 1 aromatic heterocycles. The minimum absolute atomic E-state index is 0.364. The molecule has 1 atom stereocenters. The predicted octanol–water partition coefficient (Wildman–Crippen LogP) is 2.18. The summed E-state index contributed by atoms with van der Waals surface area (Å²) in [4.78, 5) is 10.7. The number of hydrogen-bond donors (Lipinski definition) is 1. The quantitative estimate of drug-likeness (QED) is 0.920. The van der Waals surface area contributed by atoms with Gasteiger partial charge in [0.2, 0.25) is 0 Å². The number of halogens is 1. The molecule has 94 valence electrons. The molecule has 1 N–H and O–H groups in total. The minimum atomic E-state index is -0.837. The summed E-state index contributed by atoms with van der Waals surface area (Å²) in [5.41, 5.74) is 1.49. The Kier molecular flexibility index (Phi) is 3.62. The number of carboxylic acid groups (broad SMARTS) is 1. The van der Waals surface area contributed by atoms with Crippen LogP contribution >= 0.6 is 11.6 Å². The van der Waals surface area contributed by atoms with Gasteiger partial charge in [-0.3, -0.25) is 4.79 Å². The van der Waals surface area contributed by atoms with Crippen LogP contribution in [0.2, 0.25) is 5.02 Å². The van der Waals surface area contributed by atoms with E-state index in [2.05, 4.69) is 10.3 Å². The molecule has 0 fully saturated rings. The topological polar surface area (TPSA) is 68.0 Å². The third kappa shape index (κ3) is 2.87. The van der Waals surface area contributed by atoms with Crippen LogP contribution in [-0.4, -0.2) is 26.1 Å². The standard InChI is InChI=1S/C12H12ClN3O2/c1-8(12(17)18)6-10-7-16(15-14-10)11-4-2-9(13)3-5-11/h2-5,7-8H,6H2,1H3,(H,17,18). The third-order valence-electron chi connectivity index (χ3n) is 2.57. The molecule has 0 saturated heterocycles. The number of hydrogen-bond acceptors (Lipinski definition) is 3. The Morgan fingerprint density at radius 3 is 2.72 bits per heavy atom. The van der Waals surface area contributed by atoms with Gasteiger partial charge in [-0.1, -0.05) is 23.7 Å². The molecule has 0 spiro atoms. The van der Waals surface area contributed by atoms with Gasteiger partial charge in [0.1, 0.15) is 0 Å². The first-order valence-electron chi connectivity index (χ1n) is 5.46. The SMILES string of the molecule is CC(Cc1cn(-c2ccc(Cl)cc2)nn1)C(=O)O. The molecule has 0 aliphatic carbocycles. The van der Waals surface area contributed by atoms with Crippen LogP contribution in [0.3, 0.4) is 0 Å². The molecule has 0 aliphatic heterocycles. The lowest BCUT2D eigenvalue weighted by atomic mass is 10.1. The van der Waals surface area contributed by atoms with Crippen molar-refractivity contribution in [1.29, 1.82) is 0 Å². The van der Waals surface area contributed by atoms with Crippen molar-refractivity contribution >= 4 is 17.6 Å². The van der Waals surface area contributed by atoms with Crippen molar-refractivity contribution in [2.75, 3.05) is 0 Å². The third-order valence-corrected chi connectivity index (χ3v) is 2.82. The summed E-state index contributed by atoms with van der Waals surface area (Å²) < 4.78 is 1.60. The molecule has 5 nitrogen and oxygen atoms in total. The molecule has 0 aliphatic rings. The van der Waals surface area contributed by atoms with Gasteiger partial charge in [0.05, 0.1) is 23.5 Å². The second kappa shape index (κ2) is 5.18. The van der Waals surface area contributed by atoms with Gasteiger partial charge in [-0.2, -0.15) is 0 Å². The van der Waals surface area contributed by atoms with Gasteiger partial charge in [0, 0.05) is 11.4 Å². The maximum absolute atomic E-state index is 10.7. The van der Waals surface area contributed by atoms with Crippen LogP contribution in [0.15, 0.2) is 30.5 Å². The van der Waals surface area contributed by atoms with E-state index >= 15 is 0 Å². The largest absolute Gasteiger partial charge is 0.481 e. The molecule has 0 amide bonds. The predicted molar refractivity (Wildman–Crippen MR) is 66.9 cm³/mol. The number of carboxylic acids is 1. The fourth-order valence-corrected chi connectivity index (χ4v) is 1.64. The Labute approximate surface area is 109 Å². The Bertz CT molecular complexity index is 551. The Balaban J connectivity index is 2.15. The highest BCUT2D eigenvalue weighted by molar-refractivity contribution is 6.30. The summed E-state index contributed by atoms with van der Waals surface area (Å²) in [5.74, 6) is -1.31. The highest BCUT2D eigenvalue weighted by Gasteiger charge is 2.14. The van der Waals surface area contributed by atoms with E-state index in [0.29, 0.717) is 17.1 Å². The summed E-state index contributed by atoms with van der Waals surface area (Å²) in [7, 11) is 0. The average molecular weight is 266 g/mol. The molecule has 1 heterocycles. The first kappa shape index (κ1) is 12.6. The monoisotopic (exact) mass is 265 g/mol. The molecular formula is C12H12ClN3O2. The highest BCUT2D eigenvalue weighted by atomic mass is 35.5. The zero-order valence-corrected chi connectivity index (χ0v) is 10.5. The van der Waals surface area contributed by atoms with Crippen molar-refractivity contribution in [3.63, 3.8) is 0 Å². The lowest BCUT2D eigenvalue weighted by Gasteiger charge is -2.01. The number of benzene rings is 1. The van der Waals surface area contributed by atoms with Gasteiger partial charge < -0.3 is 5.11 Å². The molecule has 6 heteroatoms. The summed E-state index contributed by atoms with van der Waals surface area (Å²) in [6.07, 6.45) is 2.09. The highest BCUT2D eigenvalue weighted by Crippen LogP contribution is 2.13. The van der Waals surface area contributed by atoms with Crippen LogP contribution in [0.4, 0.5) is 0 Å². The van der Waals surface area contributed by atoms with Gasteiger partial charge in [-0.05, 0) is 24.3 Å². The van der Waals surface area contributed by atoms with E-state index in [-0.39, 0.29) is 0 Å². The van der Waals surface area contributed by atoms with Crippen LogP contribution in [-0.2, 0) is 11.2 Å². The van der Waals surface area contributed by atoms with E-state index in [1.165, 1.54) is 0 Å². The van der Waals surface area contributed by atoms with Gasteiger partial charge in [0.15, 0.2) is 0 Å². The molecule has 2 aromatic rings. The van der Waals surface area contributed by atoms with Crippen LogP contribution in [0.25, 0.3) is 5.69 Å². The normalized spacial score (nSPS) is 12.3. The van der Waals surface area contributed by atoms with Gasteiger partial charge >= 0.3 is 5.97 Å².